The number of carbonyl (C=O) groups excluding carboxylic acids is 1. The predicted molar refractivity (Wildman–Crippen MR) is 80.2 cm³/mol. The number of aliphatic hydroxyl groups is 1. The molecule has 0 radical (unpaired) electrons. The first-order valence-corrected chi connectivity index (χ1v) is 6.57. The van der Waals surface area contributed by atoms with E-state index in [-0.39, 0.29) is 17.4 Å². The minimum absolute atomic E-state index is 0.136. The fourth-order valence-corrected chi connectivity index (χ4v) is 1.91. The number of nitrogens with zero attached hydrogens (tertiary/aromatic N) is 1. The molecule has 0 saturated heterocycles. The monoisotopic (exact) mass is 280 g/mol. The lowest BCUT2D eigenvalue weighted by Crippen LogP contribution is -2.42. The van der Waals surface area contributed by atoms with Crippen LogP contribution in [0.1, 0.15) is 36.7 Å². The second-order valence-corrected chi connectivity index (χ2v) is 5.52. The van der Waals surface area contributed by atoms with Crippen molar-refractivity contribution in [3.63, 3.8) is 0 Å². The third-order valence-corrected chi connectivity index (χ3v) is 2.88. The molecule has 0 aliphatic rings. The summed E-state index contributed by atoms with van der Waals surface area (Å²) >= 11 is 4.90. The summed E-state index contributed by atoms with van der Waals surface area (Å²) in [7, 11) is 0. The average molecular weight is 280 g/mol. The fraction of sp³-hybridized carbons (Fsp3) is 0.429. The van der Waals surface area contributed by atoms with E-state index in [2.05, 4.69) is 0 Å². The van der Waals surface area contributed by atoms with Crippen LogP contribution in [0.3, 0.4) is 0 Å². The van der Waals surface area contributed by atoms with Crippen LogP contribution in [0.2, 0.25) is 0 Å². The zero-order chi connectivity index (χ0) is 14.6. The van der Waals surface area contributed by atoms with Gasteiger partial charge in [0.15, 0.2) is 0 Å². The molecule has 0 aromatic heterocycles. The summed E-state index contributed by atoms with van der Waals surface area (Å²) in [4.78, 5) is 14.2. The van der Waals surface area contributed by atoms with Gasteiger partial charge in [0.2, 0.25) is 0 Å². The third-order valence-electron chi connectivity index (χ3n) is 2.64. The van der Waals surface area contributed by atoms with E-state index in [1.807, 2.05) is 6.92 Å². The Morgan fingerprint density at radius 3 is 2.47 bits per heavy atom. The van der Waals surface area contributed by atoms with Crippen molar-refractivity contribution >= 4 is 23.1 Å². The molecule has 0 bridgehead atoms. The number of rotatable bonds is 5. The number of hydrogen-bond acceptors (Lipinski definition) is 3. The molecule has 0 unspecified atom stereocenters. The van der Waals surface area contributed by atoms with Gasteiger partial charge >= 0.3 is 0 Å². The molecular formula is C14H20N2O2S. The van der Waals surface area contributed by atoms with Gasteiger partial charge in [0.05, 0.1) is 5.60 Å². The van der Waals surface area contributed by atoms with E-state index in [4.69, 9.17) is 18.0 Å². The molecule has 0 heterocycles. The van der Waals surface area contributed by atoms with Gasteiger partial charge in [0, 0.05) is 24.2 Å². The first-order chi connectivity index (χ1) is 8.74. The number of likely N-dealkylation sites (N-methyl/N-ethyl adjacent to an activating group) is 1. The Balaban J connectivity index is 2.97. The molecule has 0 fully saturated rings. The lowest BCUT2D eigenvalue weighted by Gasteiger charge is -2.28. The van der Waals surface area contributed by atoms with Gasteiger partial charge in [-0.1, -0.05) is 24.4 Å². The molecule has 0 aliphatic heterocycles. The maximum absolute atomic E-state index is 12.4. The molecular weight excluding hydrogens is 260 g/mol. The minimum atomic E-state index is -0.924. The second-order valence-electron chi connectivity index (χ2n) is 5.08. The molecule has 5 heteroatoms. The van der Waals surface area contributed by atoms with Gasteiger partial charge in [-0.2, -0.15) is 0 Å². The van der Waals surface area contributed by atoms with Crippen LogP contribution in [0.25, 0.3) is 0 Å². The maximum atomic E-state index is 12.4. The van der Waals surface area contributed by atoms with Crippen molar-refractivity contribution in [1.29, 1.82) is 0 Å². The van der Waals surface area contributed by atoms with Gasteiger partial charge < -0.3 is 15.7 Å². The van der Waals surface area contributed by atoms with Crippen LogP contribution in [-0.4, -0.2) is 39.6 Å². The summed E-state index contributed by atoms with van der Waals surface area (Å²) in [6.45, 7) is 6.03. The van der Waals surface area contributed by atoms with Crippen molar-refractivity contribution in [3.8, 4) is 0 Å². The fourth-order valence-electron chi connectivity index (χ4n) is 1.78. The molecule has 0 saturated carbocycles. The van der Waals surface area contributed by atoms with Crippen molar-refractivity contribution in [3.05, 3.63) is 35.4 Å². The SMILES string of the molecule is CCN(CC(C)(C)O)C(=O)c1cccc(C(N)=S)c1. The van der Waals surface area contributed by atoms with Crippen molar-refractivity contribution < 1.29 is 9.90 Å². The summed E-state index contributed by atoms with van der Waals surface area (Å²) in [6.07, 6.45) is 0. The molecule has 4 nitrogen and oxygen atoms in total. The largest absolute Gasteiger partial charge is 0.389 e. The topological polar surface area (TPSA) is 66.6 Å². The summed E-state index contributed by atoms with van der Waals surface area (Å²) < 4.78 is 0. The number of amides is 1. The van der Waals surface area contributed by atoms with Gasteiger partial charge in [-0.05, 0) is 32.9 Å². The molecule has 0 spiro atoms. The highest BCUT2D eigenvalue weighted by atomic mass is 32.1. The molecule has 1 rings (SSSR count). The highest BCUT2D eigenvalue weighted by molar-refractivity contribution is 7.80. The number of hydrogen-bond donors (Lipinski definition) is 2. The van der Waals surface area contributed by atoms with E-state index in [0.29, 0.717) is 17.7 Å². The molecule has 1 aromatic carbocycles. The molecule has 0 aliphatic carbocycles. The lowest BCUT2D eigenvalue weighted by atomic mass is 10.1. The number of carbonyl (C=O) groups is 1. The molecule has 1 aromatic rings. The van der Waals surface area contributed by atoms with Crippen molar-refractivity contribution in [1.82, 2.24) is 4.90 Å². The minimum Gasteiger partial charge on any atom is -0.389 e. The van der Waals surface area contributed by atoms with Crippen LogP contribution in [-0.2, 0) is 0 Å². The van der Waals surface area contributed by atoms with E-state index in [0.717, 1.165) is 0 Å². The summed E-state index contributed by atoms with van der Waals surface area (Å²) in [6, 6.07) is 6.92. The Morgan fingerprint density at radius 1 is 1.42 bits per heavy atom. The van der Waals surface area contributed by atoms with E-state index < -0.39 is 5.60 Å². The van der Waals surface area contributed by atoms with Crippen LogP contribution in [0, 0.1) is 0 Å². The van der Waals surface area contributed by atoms with E-state index in [1.54, 1.807) is 43.0 Å². The standard InChI is InChI=1S/C14H20N2O2S/c1-4-16(9-14(2,3)18)13(17)11-7-5-6-10(8-11)12(15)19/h5-8,18H,4,9H2,1-3H3,(H2,15,19). The van der Waals surface area contributed by atoms with Crippen LogP contribution in [0.5, 0.6) is 0 Å². The van der Waals surface area contributed by atoms with Crippen molar-refractivity contribution in [2.24, 2.45) is 5.73 Å². The molecule has 0 atom stereocenters. The second kappa shape index (κ2) is 6.12. The zero-order valence-electron chi connectivity index (χ0n) is 11.5. The molecule has 104 valence electrons. The van der Waals surface area contributed by atoms with Crippen LogP contribution >= 0.6 is 12.2 Å². The average Bonchev–Trinajstić information content (AvgIpc) is 2.34. The first-order valence-electron chi connectivity index (χ1n) is 6.16. The Labute approximate surface area is 119 Å². The van der Waals surface area contributed by atoms with Crippen LogP contribution < -0.4 is 5.73 Å². The lowest BCUT2D eigenvalue weighted by molar-refractivity contribution is 0.0314. The molecule has 19 heavy (non-hydrogen) atoms. The van der Waals surface area contributed by atoms with Crippen molar-refractivity contribution in [2.45, 2.75) is 26.4 Å². The highest BCUT2D eigenvalue weighted by Gasteiger charge is 2.22. The van der Waals surface area contributed by atoms with E-state index in [9.17, 15) is 9.90 Å². The first kappa shape index (κ1) is 15.6. The quantitative estimate of drug-likeness (QED) is 0.803. The van der Waals surface area contributed by atoms with Gasteiger partial charge in [-0.25, -0.2) is 0 Å². The Kier molecular flexibility index (Phi) is 5.03. The normalized spacial score (nSPS) is 11.2. The van der Waals surface area contributed by atoms with E-state index >= 15 is 0 Å². The molecule has 3 N–H and O–H groups in total. The Morgan fingerprint density at radius 2 is 2.00 bits per heavy atom. The number of nitrogens with two attached hydrogens (primary N) is 1. The van der Waals surface area contributed by atoms with Crippen LogP contribution in [0.4, 0.5) is 0 Å². The molecule has 1 amide bonds. The Bertz CT molecular complexity index is 481. The highest BCUT2D eigenvalue weighted by Crippen LogP contribution is 2.12. The number of benzene rings is 1. The summed E-state index contributed by atoms with van der Waals surface area (Å²) in [5.74, 6) is -0.136. The number of thiocarbonyl (C=S) groups is 1. The van der Waals surface area contributed by atoms with Gasteiger partial charge in [0.1, 0.15) is 4.99 Å². The summed E-state index contributed by atoms with van der Waals surface area (Å²) in [5.41, 5.74) is 5.83. The van der Waals surface area contributed by atoms with Crippen LogP contribution in [0.15, 0.2) is 24.3 Å². The summed E-state index contributed by atoms with van der Waals surface area (Å²) in [5, 5.41) is 9.82. The van der Waals surface area contributed by atoms with Gasteiger partial charge in [-0.3, -0.25) is 4.79 Å². The van der Waals surface area contributed by atoms with Gasteiger partial charge in [0.25, 0.3) is 5.91 Å². The van der Waals surface area contributed by atoms with E-state index in [1.165, 1.54) is 0 Å². The Hall–Kier alpha value is -1.46. The van der Waals surface area contributed by atoms with Gasteiger partial charge in [-0.15, -0.1) is 0 Å². The third kappa shape index (κ3) is 4.61. The maximum Gasteiger partial charge on any atom is 0.253 e. The van der Waals surface area contributed by atoms with Crippen molar-refractivity contribution in [2.75, 3.05) is 13.1 Å². The smallest absolute Gasteiger partial charge is 0.253 e. The predicted octanol–water partition coefficient (Wildman–Crippen LogP) is 1.55. The zero-order valence-corrected chi connectivity index (χ0v) is 12.3.